The lowest BCUT2D eigenvalue weighted by molar-refractivity contribution is 0.344. The first-order valence-corrected chi connectivity index (χ1v) is 4.50. The number of fused-ring (bicyclic) bond motifs is 1. The first kappa shape index (κ1) is 7.65. The molecule has 0 aromatic carbocycles. The van der Waals surface area contributed by atoms with Crippen LogP contribution in [0.5, 0.6) is 0 Å². The molecule has 0 bridgehead atoms. The number of nitrogens with one attached hydrogen (secondary N) is 1. The summed E-state index contributed by atoms with van der Waals surface area (Å²) in [4.78, 5) is 11.2. The van der Waals surface area contributed by atoms with E-state index in [9.17, 15) is 4.79 Å². The van der Waals surface area contributed by atoms with Crippen molar-refractivity contribution in [3.05, 3.63) is 21.7 Å². The van der Waals surface area contributed by atoms with E-state index in [-0.39, 0.29) is 5.56 Å². The van der Waals surface area contributed by atoms with Crippen LogP contribution in [0.4, 0.5) is 0 Å². The maximum atomic E-state index is 11.2. The van der Waals surface area contributed by atoms with Gasteiger partial charge < -0.3 is 4.52 Å². The van der Waals surface area contributed by atoms with Crippen molar-refractivity contribution in [1.82, 2.24) is 5.16 Å². The summed E-state index contributed by atoms with van der Waals surface area (Å²) in [5.41, 5.74) is 0.858. The topological polar surface area (TPSA) is 46.0 Å². The zero-order chi connectivity index (χ0) is 8.55. The fraction of sp³-hybridized carbons (Fsp3) is 0.667. The third kappa shape index (κ3) is 1.09. The van der Waals surface area contributed by atoms with E-state index in [1.165, 1.54) is 0 Å². The Hall–Kier alpha value is -0.990. The van der Waals surface area contributed by atoms with Crippen LogP contribution >= 0.6 is 0 Å². The van der Waals surface area contributed by atoms with Gasteiger partial charge in [-0.2, -0.15) is 5.16 Å². The minimum atomic E-state index is -0.0249. The molecule has 1 heterocycles. The Morgan fingerprint density at radius 2 is 2.50 bits per heavy atom. The molecule has 3 nitrogen and oxygen atoms in total. The van der Waals surface area contributed by atoms with Gasteiger partial charge in [-0.1, -0.05) is 13.3 Å². The molecular weight excluding hydrogens is 154 g/mol. The first-order chi connectivity index (χ1) is 5.81. The van der Waals surface area contributed by atoms with E-state index >= 15 is 0 Å². The molecule has 0 spiro atoms. The lowest BCUT2D eigenvalue weighted by Gasteiger charge is -2.17. The van der Waals surface area contributed by atoms with E-state index in [0.717, 1.165) is 37.0 Å². The van der Waals surface area contributed by atoms with Gasteiger partial charge in [-0.25, -0.2) is 0 Å². The third-order valence-corrected chi connectivity index (χ3v) is 2.73. The molecule has 1 N–H and O–H groups in total. The predicted octanol–water partition coefficient (Wildman–Crippen LogP) is 1.48. The number of aromatic amines is 1. The van der Waals surface area contributed by atoms with Crippen LogP contribution in [0.1, 0.15) is 31.1 Å². The summed E-state index contributed by atoms with van der Waals surface area (Å²) in [6.45, 7) is 2.17. The molecule has 1 unspecified atom stereocenters. The summed E-state index contributed by atoms with van der Waals surface area (Å²) in [6, 6.07) is 0. The van der Waals surface area contributed by atoms with E-state index < -0.39 is 0 Å². The maximum absolute atomic E-state index is 11.2. The average Bonchev–Trinajstić information content (AvgIpc) is 2.47. The minimum Gasteiger partial charge on any atom is -0.383 e. The molecule has 0 fully saturated rings. The smallest absolute Gasteiger partial charge is 0.283 e. The molecule has 2 rings (SSSR count). The van der Waals surface area contributed by atoms with Gasteiger partial charge in [0.25, 0.3) is 5.56 Å². The fourth-order valence-electron chi connectivity index (χ4n) is 1.84. The highest BCUT2D eigenvalue weighted by Crippen LogP contribution is 2.24. The summed E-state index contributed by atoms with van der Waals surface area (Å²) in [6.07, 6.45) is 4.14. The molecule has 3 heteroatoms. The SMILES string of the molecule is CCC1CCc2o[nH]c(=O)c2C1. The molecule has 1 aliphatic carbocycles. The minimum absolute atomic E-state index is 0.0249. The lowest BCUT2D eigenvalue weighted by Crippen LogP contribution is -2.17. The summed E-state index contributed by atoms with van der Waals surface area (Å²) < 4.78 is 5.04. The quantitative estimate of drug-likeness (QED) is 0.688. The second-order valence-corrected chi connectivity index (χ2v) is 3.45. The van der Waals surface area contributed by atoms with Gasteiger partial charge in [0.05, 0.1) is 5.56 Å². The highest BCUT2D eigenvalue weighted by atomic mass is 16.5. The number of rotatable bonds is 1. The molecule has 12 heavy (non-hydrogen) atoms. The van der Waals surface area contributed by atoms with Crippen LogP contribution in [0.2, 0.25) is 0 Å². The molecule has 0 amide bonds. The van der Waals surface area contributed by atoms with E-state index in [1.54, 1.807) is 0 Å². The zero-order valence-corrected chi connectivity index (χ0v) is 7.22. The van der Waals surface area contributed by atoms with Gasteiger partial charge in [0.2, 0.25) is 0 Å². The molecule has 1 atom stereocenters. The molecular formula is C9H13NO2. The van der Waals surface area contributed by atoms with Crippen molar-refractivity contribution in [2.75, 3.05) is 0 Å². The normalized spacial score (nSPS) is 22.2. The van der Waals surface area contributed by atoms with Crippen molar-refractivity contribution in [3.8, 4) is 0 Å². The average molecular weight is 167 g/mol. The van der Waals surface area contributed by atoms with Gasteiger partial charge in [-0.05, 0) is 18.8 Å². The van der Waals surface area contributed by atoms with Gasteiger partial charge >= 0.3 is 0 Å². The fourth-order valence-corrected chi connectivity index (χ4v) is 1.84. The second-order valence-electron chi connectivity index (χ2n) is 3.45. The van der Waals surface area contributed by atoms with Crippen LogP contribution in [-0.4, -0.2) is 5.16 Å². The molecule has 0 aliphatic heterocycles. The number of hydrogen-bond acceptors (Lipinski definition) is 2. The van der Waals surface area contributed by atoms with Gasteiger partial charge in [0.15, 0.2) is 0 Å². The van der Waals surface area contributed by atoms with Gasteiger partial charge in [-0.3, -0.25) is 4.79 Å². The highest BCUT2D eigenvalue weighted by Gasteiger charge is 2.22. The van der Waals surface area contributed by atoms with Crippen LogP contribution < -0.4 is 5.56 Å². The van der Waals surface area contributed by atoms with Crippen molar-refractivity contribution in [1.29, 1.82) is 0 Å². The van der Waals surface area contributed by atoms with Gasteiger partial charge in [0.1, 0.15) is 5.76 Å². The van der Waals surface area contributed by atoms with E-state index in [2.05, 4.69) is 12.1 Å². The molecule has 1 aromatic heterocycles. The summed E-state index contributed by atoms with van der Waals surface area (Å²) in [5, 5.41) is 2.39. The van der Waals surface area contributed by atoms with Gasteiger partial charge in [0, 0.05) is 6.42 Å². The van der Waals surface area contributed by atoms with Crippen molar-refractivity contribution in [2.45, 2.75) is 32.6 Å². The van der Waals surface area contributed by atoms with Gasteiger partial charge in [-0.15, -0.1) is 0 Å². The zero-order valence-electron chi connectivity index (χ0n) is 7.22. The Morgan fingerprint density at radius 1 is 1.67 bits per heavy atom. The number of aryl methyl sites for hydroxylation is 1. The van der Waals surface area contributed by atoms with E-state index in [4.69, 9.17) is 4.52 Å². The third-order valence-electron chi connectivity index (χ3n) is 2.73. The van der Waals surface area contributed by atoms with Crippen molar-refractivity contribution in [2.24, 2.45) is 5.92 Å². The number of aromatic nitrogens is 1. The van der Waals surface area contributed by atoms with Crippen LogP contribution in [-0.2, 0) is 12.8 Å². The molecule has 0 saturated carbocycles. The lowest BCUT2D eigenvalue weighted by atomic mass is 9.87. The van der Waals surface area contributed by atoms with Crippen molar-refractivity contribution >= 4 is 0 Å². The first-order valence-electron chi connectivity index (χ1n) is 4.50. The molecule has 66 valence electrons. The summed E-state index contributed by atoms with van der Waals surface area (Å²) in [7, 11) is 0. The number of hydrogen-bond donors (Lipinski definition) is 1. The standard InChI is InChI=1S/C9H13NO2/c1-2-6-3-4-8-7(5-6)9(11)10-12-8/h6H,2-5H2,1H3,(H,10,11). The maximum Gasteiger partial charge on any atom is 0.283 e. The largest absolute Gasteiger partial charge is 0.383 e. The molecule has 0 saturated heterocycles. The van der Waals surface area contributed by atoms with Crippen LogP contribution in [0.3, 0.4) is 0 Å². The molecule has 1 aliphatic rings. The summed E-state index contributed by atoms with van der Waals surface area (Å²) in [5.74, 6) is 1.56. The Balaban J connectivity index is 2.32. The second kappa shape index (κ2) is 2.81. The number of H-pyrrole nitrogens is 1. The summed E-state index contributed by atoms with van der Waals surface area (Å²) >= 11 is 0. The van der Waals surface area contributed by atoms with Crippen LogP contribution in [0.15, 0.2) is 9.32 Å². The van der Waals surface area contributed by atoms with Crippen LogP contribution in [0, 0.1) is 5.92 Å². The van der Waals surface area contributed by atoms with Crippen molar-refractivity contribution < 1.29 is 4.52 Å². The van der Waals surface area contributed by atoms with Crippen LogP contribution in [0.25, 0.3) is 0 Å². The monoisotopic (exact) mass is 167 g/mol. The Kier molecular flexibility index (Phi) is 1.79. The Bertz CT molecular complexity index is 324. The Labute approximate surface area is 70.7 Å². The highest BCUT2D eigenvalue weighted by molar-refractivity contribution is 5.17. The van der Waals surface area contributed by atoms with E-state index in [0.29, 0.717) is 5.92 Å². The molecule has 1 aromatic rings. The molecule has 0 radical (unpaired) electrons. The Morgan fingerprint density at radius 3 is 3.25 bits per heavy atom. The van der Waals surface area contributed by atoms with E-state index in [1.807, 2.05) is 0 Å². The van der Waals surface area contributed by atoms with Crippen molar-refractivity contribution in [3.63, 3.8) is 0 Å². The predicted molar refractivity (Wildman–Crippen MR) is 45.1 cm³/mol.